The number of nitrogens with zero attached hydrogens (tertiary/aromatic N) is 3. The van der Waals surface area contributed by atoms with E-state index in [9.17, 15) is 4.79 Å². The molecule has 0 saturated carbocycles. The molecule has 0 unspecified atom stereocenters. The smallest absolute Gasteiger partial charge is 0.277 e. The van der Waals surface area contributed by atoms with Crippen molar-refractivity contribution in [3.8, 4) is 23.0 Å². The number of hydrogen-bond acceptors (Lipinski definition) is 8. The zero-order valence-electron chi connectivity index (χ0n) is 15.8. The van der Waals surface area contributed by atoms with Gasteiger partial charge < -0.3 is 23.5 Å². The minimum atomic E-state index is 0.0313. The Morgan fingerprint density at radius 2 is 1.96 bits per heavy atom. The fourth-order valence-corrected chi connectivity index (χ4v) is 3.61. The Kier molecular flexibility index (Phi) is 6.22. The van der Waals surface area contributed by atoms with E-state index in [-0.39, 0.29) is 23.9 Å². The molecule has 0 N–H and O–H groups in total. The highest BCUT2D eigenvalue weighted by molar-refractivity contribution is 7.99. The number of morpholine rings is 1. The second-order valence-electron chi connectivity index (χ2n) is 6.28. The summed E-state index contributed by atoms with van der Waals surface area (Å²) in [6.07, 6.45) is 0.0838. The number of rotatable bonds is 6. The number of benzene rings is 1. The molecule has 1 amide bonds. The van der Waals surface area contributed by atoms with Gasteiger partial charge in [0.05, 0.1) is 37.7 Å². The maximum atomic E-state index is 12.4. The first kappa shape index (κ1) is 19.5. The van der Waals surface area contributed by atoms with E-state index in [4.69, 9.17) is 18.6 Å². The Hall–Kier alpha value is -2.26. The van der Waals surface area contributed by atoms with Crippen LogP contribution in [0.4, 0.5) is 0 Å². The Morgan fingerprint density at radius 3 is 2.63 bits per heavy atom. The SMILES string of the molecule is COc1ccc(-c2nnc(SCC(=O)N3C[C@H](C)O[C@@H](C)C3)o2)c(OC)c1. The second kappa shape index (κ2) is 8.62. The number of carbonyl (C=O) groups is 1. The van der Waals surface area contributed by atoms with Gasteiger partial charge in [0.15, 0.2) is 0 Å². The molecule has 0 spiro atoms. The molecule has 27 heavy (non-hydrogen) atoms. The predicted molar refractivity (Wildman–Crippen MR) is 100 cm³/mol. The molecule has 146 valence electrons. The van der Waals surface area contributed by atoms with Crippen LogP contribution in [0, 0.1) is 0 Å². The lowest BCUT2D eigenvalue weighted by molar-refractivity contribution is -0.140. The van der Waals surface area contributed by atoms with E-state index < -0.39 is 0 Å². The number of amides is 1. The maximum Gasteiger partial charge on any atom is 0.277 e. The summed E-state index contributed by atoms with van der Waals surface area (Å²) < 4.78 is 21.9. The fourth-order valence-electron chi connectivity index (χ4n) is 2.95. The second-order valence-corrected chi connectivity index (χ2v) is 7.21. The summed E-state index contributed by atoms with van der Waals surface area (Å²) in [5.41, 5.74) is 0.666. The van der Waals surface area contributed by atoms with Gasteiger partial charge in [0.2, 0.25) is 5.91 Å². The monoisotopic (exact) mass is 393 g/mol. The summed E-state index contributed by atoms with van der Waals surface area (Å²) in [4.78, 5) is 14.3. The summed E-state index contributed by atoms with van der Waals surface area (Å²) in [6.45, 7) is 5.13. The molecule has 1 aromatic heterocycles. The van der Waals surface area contributed by atoms with E-state index in [2.05, 4.69) is 10.2 Å². The van der Waals surface area contributed by atoms with Crippen LogP contribution >= 0.6 is 11.8 Å². The molecule has 0 aliphatic carbocycles. The van der Waals surface area contributed by atoms with Gasteiger partial charge in [0, 0.05) is 19.2 Å². The minimum Gasteiger partial charge on any atom is -0.497 e. The maximum absolute atomic E-state index is 12.4. The molecule has 1 aliphatic rings. The van der Waals surface area contributed by atoms with Crippen LogP contribution in [0.25, 0.3) is 11.5 Å². The van der Waals surface area contributed by atoms with E-state index in [0.29, 0.717) is 41.3 Å². The summed E-state index contributed by atoms with van der Waals surface area (Å²) >= 11 is 1.22. The fraction of sp³-hybridized carbons (Fsp3) is 0.500. The zero-order chi connectivity index (χ0) is 19.4. The Balaban J connectivity index is 1.64. The van der Waals surface area contributed by atoms with Gasteiger partial charge in [0.25, 0.3) is 11.1 Å². The first-order valence-electron chi connectivity index (χ1n) is 8.62. The van der Waals surface area contributed by atoms with Crippen molar-refractivity contribution in [3.63, 3.8) is 0 Å². The standard InChI is InChI=1S/C18H23N3O5S/c1-11-8-21(9-12(2)25-11)16(22)10-27-18-20-19-17(26-18)14-6-5-13(23-3)7-15(14)24-4/h5-7,11-12H,8-10H2,1-4H3/t11-,12-/m0/s1. The summed E-state index contributed by atoms with van der Waals surface area (Å²) in [5.74, 6) is 1.84. The summed E-state index contributed by atoms with van der Waals surface area (Å²) in [7, 11) is 3.15. The number of ether oxygens (including phenoxy) is 3. The van der Waals surface area contributed by atoms with Crippen molar-refractivity contribution in [1.82, 2.24) is 15.1 Å². The highest BCUT2D eigenvalue weighted by atomic mass is 32.2. The average molecular weight is 393 g/mol. The van der Waals surface area contributed by atoms with Gasteiger partial charge in [-0.25, -0.2) is 0 Å². The molecule has 9 heteroatoms. The highest BCUT2D eigenvalue weighted by Gasteiger charge is 2.26. The van der Waals surface area contributed by atoms with Crippen molar-refractivity contribution in [2.24, 2.45) is 0 Å². The number of methoxy groups -OCH3 is 2. The van der Waals surface area contributed by atoms with Gasteiger partial charge in [-0.15, -0.1) is 10.2 Å². The van der Waals surface area contributed by atoms with Crippen LogP contribution in [0.3, 0.4) is 0 Å². The van der Waals surface area contributed by atoms with E-state index >= 15 is 0 Å². The van der Waals surface area contributed by atoms with E-state index in [0.717, 1.165) is 0 Å². The molecule has 2 aromatic rings. The summed E-state index contributed by atoms with van der Waals surface area (Å²) in [6, 6.07) is 5.33. The highest BCUT2D eigenvalue weighted by Crippen LogP contribution is 2.33. The van der Waals surface area contributed by atoms with Crippen molar-refractivity contribution in [2.45, 2.75) is 31.3 Å². The van der Waals surface area contributed by atoms with Gasteiger partial charge >= 0.3 is 0 Å². The third kappa shape index (κ3) is 4.72. The van der Waals surface area contributed by atoms with E-state index in [1.807, 2.05) is 18.7 Å². The van der Waals surface area contributed by atoms with Crippen LogP contribution in [-0.4, -0.2) is 66.3 Å². The largest absolute Gasteiger partial charge is 0.497 e. The molecule has 8 nitrogen and oxygen atoms in total. The zero-order valence-corrected chi connectivity index (χ0v) is 16.6. The van der Waals surface area contributed by atoms with Crippen molar-refractivity contribution < 1.29 is 23.4 Å². The normalized spacial score (nSPS) is 19.8. The molecule has 1 fully saturated rings. The number of aromatic nitrogens is 2. The van der Waals surface area contributed by atoms with Crippen LogP contribution in [0.5, 0.6) is 11.5 Å². The molecule has 3 rings (SSSR count). The number of thioether (sulfide) groups is 1. The lowest BCUT2D eigenvalue weighted by Gasteiger charge is -2.35. The van der Waals surface area contributed by atoms with Crippen LogP contribution in [0.2, 0.25) is 0 Å². The van der Waals surface area contributed by atoms with Gasteiger partial charge in [0.1, 0.15) is 11.5 Å². The summed E-state index contributed by atoms with van der Waals surface area (Å²) in [5, 5.41) is 8.42. The average Bonchev–Trinajstić information content (AvgIpc) is 3.13. The molecule has 1 aliphatic heterocycles. The molecule has 2 atom stereocenters. The molecule has 1 aromatic carbocycles. The molecule has 1 saturated heterocycles. The van der Waals surface area contributed by atoms with Crippen LogP contribution in [-0.2, 0) is 9.53 Å². The van der Waals surface area contributed by atoms with E-state index in [1.165, 1.54) is 11.8 Å². The lowest BCUT2D eigenvalue weighted by Crippen LogP contribution is -2.48. The first-order chi connectivity index (χ1) is 13.0. The van der Waals surface area contributed by atoms with Crippen molar-refractivity contribution in [1.29, 1.82) is 0 Å². The molecular formula is C18H23N3O5S. The molecule has 0 radical (unpaired) electrons. The number of hydrogen-bond donors (Lipinski definition) is 0. The molecule has 0 bridgehead atoms. The minimum absolute atomic E-state index is 0.0313. The molecule has 2 heterocycles. The Labute approximate surface area is 162 Å². The van der Waals surface area contributed by atoms with Gasteiger partial charge in [-0.05, 0) is 26.0 Å². The van der Waals surface area contributed by atoms with Crippen LogP contribution < -0.4 is 9.47 Å². The lowest BCUT2D eigenvalue weighted by atomic mass is 10.2. The Morgan fingerprint density at radius 1 is 1.22 bits per heavy atom. The third-order valence-corrected chi connectivity index (χ3v) is 4.94. The molecular weight excluding hydrogens is 370 g/mol. The Bertz CT molecular complexity index is 787. The van der Waals surface area contributed by atoms with Gasteiger partial charge in [-0.2, -0.15) is 0 Å². The number of carbonyl (C=O) groups excluding carboxylic acids is 1. The third-order valence-electron chi connectivity index (χ3n) is 4.14. The quantitative estimate of drug-likeness (QED) is 0.692. The van der Waals surface area contributed by atoms with Gasteiger partial charge in [-0.3, -0.25) is 4.79 Å². The van der Waals surface area contributed by atoms with Crippen molar-refractivity contribution in [2.75, 3.05) is 33.1 Å². The van der Waals surface area contributed by atoms with Crippen LogP contribution in [0.15, 0.2) is 27.8 Å². The van der Waals surface area contributed by atoms with Gasteiger partial charge in [-0.1, -0.05) is 11.8 Å². The first-order valence-corrected chi connectivity index (χ1v) is 9.60. The predicted octanol–water partition coefficient (Wildman–Crippen LogP) is 2.48. The topological polar surface area (TPSA) is 86.9 Å². The van der Waals surface area contributed by atoms with Crippen LogP contribution in [0.1, 0.15) is 13.8 Å². The van der Waals surface area contributed by atoms with E-state index in [1.54, 1.807) is 32.4 Å². The van der Waals surface area contributed by atoms with Crippen molar-refractivity contribution in [3.05, 3.63) is 18.2 Å². The van der Waals surface area contributed by atoms with Crippen molar-refractivity contribution >= 4 is 17.7 Å².